The summed E-state index contributed by atoms with van der Waals surface area (Å²) < 4.78 is 5.23. The van der Waals surface area contributed by atoms with Crippen molar-refractivity contribution in [1.29, 1.82) is 0 Å². The smallest absolute Gasteiger partial charge is 0.222 e. The van der Waals surface area contributed by atoms with E-state index < -0.39 is 0 Å². The van der Waals surface area contributed by atoms with E-state index in [2.05, 4.69) is 0 Å². The SMILES string of the molecule is CCOCCCC(=O)N1CCCC(CCO)C1. The number of nitrogens with zero attached hydrogens (tertiary/aromatic N) is 1. The van der Waals surface area contributed by atoms with Crippen LogP contribution in [0.3, 0.4) is 0 Å². The minimum Gasteiger partial charge on any atom is -0.396 e. The van der Waals surface area contributed by atoms with Gasteiger partial charge in [-0.2, -0.15) is 0 Å². The zero-order chi connectivity index (χ0) is 12.5. The maximum Gasteiger partial charge on any atom is 0.222 e. The second kappa shape index (κ2) is 8.48. The number of hydrogen-bond acceptors (Lipinski definition) is 3. The number of carbonyl (C=O) groups is 1. The van der Waals surface area contributed by atoms with Gasteiger partial charge in [-0.25, -0.2) is 0 Å². The van der Waals surface area contributed by atoms with E-state index in [0.29, 0.717) is 18.9 Å². The quantitative estimate of drug-likeness (QED) is 0.688. The van der Waals surface area contributed by atoms with Crippen LogP contribution >= 0.6 is 0 Å². The highest BCUT2D eigenvalue weighted by Crippen LogP contribution is 2.19. The number of carbonyl (C=O) groups excluding carboxylic acids is 1. The topological polar surface area (TPSA) is 49.8 Å². The van der Waals surface area contributed by atoms with Gasteiger partial charge in [0, 0.05) is 39.3 Å². The predicted octanol–water partition coefficient (Wildman–Crippen LogP) is 1.42. The van der Waals surface area contributed by atoms with Crippen molar-refractivity contribution in [2.75, 3.05) is 32.9 Å². The Bertz CT molecular complexity index is 219. The Kier molecular flexibility index (Phi) is 7.21. The first-order chi connectivity index (χ1) is 8.27. The van der Waals surface area contributed by atoms with Gasteiger partial charge in [0.05, 0.1) is 0 Å². The molecule has 1 rings (SSSR count). The molecule has 0 aromatic carbocycles. The Hall–Kier alpha value is -0.610. The van der Waals surface area contributed by atoms with Crippen molar-refractivity contribution < 1.29 is 14.6 Å². The molecule has 4 nitrogen and oxygen atoms in total. The van der Waals surface area contributed by atoms with Crippen molar-refractivity contribution in [3.05, 3.63) is 0 Å². The molecule has 0 aliphatic carbocycles. The number of ether oxygens (including phenoxy) is 1. The molecule has 1 aliphatic rings. The van der Waals surface area contributed by atoms with Crippen molar-refractivity contribution in [2.45, 2.75) is 39.0 Å². The van der Waals surface area contributed by atoms with Crippen LogP contribution in [0.15, 0.2) is 0 Å². The number of aliphatic hydroxyl groups is 1. The van der Waals surface area contributed by atoms with Gasteiger partial charge in [0.15, 0.2) is 0 Å². The Morgan fingerprint density at radius 2 is 2.35 bits per heavy atom. The van der Waals surface area contributed by atoms with Gasteiger partial charge >= 0.3 is 0 Å². The monoisotopic (exact) mass is 243 g/mol. The highest BCUT2D eigenvalue weighted by Gasteiger charge is 2.22. The molecular formula is C13H25NO3. The van der Waals surface area contributed by atoms with Crippen LogP contribution in [0.2, 0.25) is 0 Å². The van der Waals surface area contributed by atoms with Gasteiger partial charge in [0.1, 0.15) is 0 Å². The molecule has 0 radical (unpaired) electrons. The van der Waals surface area contributed by atoms with Crippen LogP contribution in [0.1, 0.15) is 39.0 Å². The molecular weight excluding hydrogens is 218 g/mol. The maximum absolute atomic E-state index is 11.9. The second-order valence-corrected chi connectivity index (χ2v) is 4.66. The van der Waals surface area contributed by atoms with Crippen LogP contribution in [0, 0.1) is 5.92 Å². The third kappa shape index (κ3) is 5.50. The van der Waals surface area contributed by atoms with Crippen LogP contribution in [0.4, 0.5) is 0 Å². The number of hydrogen-bond donors (Lipinski definition) is 1. The fourth-order valence-corrected chi connectivity index (χ4v) is 2.34. The lowest BCUT2D eigenvalue weighted by molar-refractivity contribution is -0.133. The van der Waals surface area contributed by atoms with Gasteiger partial charge in [-0.15, -0.1) is 0 Å². The van der Waals surface area contributed by atoms with Crippen molar-refractivity contribution in [3.8, 4) is 0 Å². The summed E-state index contributed by atoms with van der Waals surface area (Å²) in [4.78, 5) is 13.9. The molecule has 1 atom stereocenters. The minimum absolute atomic E-state index is 0.233. The van der Waals surface area contributed by atoms with Gasteiger partial charge < -0.3 is 14.7 Å². The summed E-state index contributed by atoms with van der Waals surface area (Å²) in [6.07, 6.45) is 4.44. The van der Waals surface area contributed by atoms with E-state index in [4.69, 9.17) is 9.84 Å². The van der Waals surface area contributed by atoms with E-state index in [-0.39, 0.29) is 12.5 Å². The second-order valence-electron chi connectivity index (χ2n) is 4.66. The molecule has 0 aromatic heterocycles. The van der Waals surface area contributed by atoms with Crippen molar-refractivity contribution >= 4 is 5.91 Å². The van der Waals surface area contributed by atoms with E-state index in [9.17, 15) is 4.79 Å². The fraction of sp³-hybridized carbons (Fsp3) is 0.923. The summed E-state index contributed by atoms with van der Waals surface area (Å²) in [6, 6.07) is 0. The van der Waals surface area contributed by atoms with Crippen LogP contribution in [0.25, 0.3) is 0 Å². The molecule has 0 aromatic rings. The molecule has 0 saturated carbocycles. The number of amides is 1. The molecule has 1 N–H and O–H groups in total. The van der Waals surface area contributed by atoms with Gasteiger partial charge in [-0.3, -0.25) is 4.79 Å². The Balaban J connectivity index is 2.21. The summed E-state index contributed by atoms with van der Waals surface area (Å²) in [5, 5.41) is 8.92. The molecule has 17 heavy (non-hydrogen) atoms. The number of likely N-dealkylation sites (tertiary alicyclic amines) is 1. The first kappa shape index (κ1) is 14.5. The van der Waals surface area contributed by atoms with E-state index in [1.165, 1.54) is 0 Å². The minimum atomic E-state index is 0.233. The molecule has 1 fully saturated rings. The zero-order valence-electron chi connectivity index (χ0n) is 10.9. The lowest BCUT2D eigenvalue weighted by Gasteiger charge is -2.32. The van der Waals surface area contributed by atoms with Gasteiger partial charge in [0.2, 0.25) is 5.91 Å². The number of rotatable bonds is 7. The summed E-state index contributed by atoms with van der Waals surface area (Å²) >= 11 is 0. The highest BCUT2D eigenvalue weighted by molar-refractivity contribution is 5.76. The van der Waals surface area contributed by atoms with Gasteiger partial charge in [-0.05, 0) is 38.5 Å². The van der Waals surface area contributed by atoms with Crippen LogP contribution < -0.4 is 0 Å². The van der Waals surface area contributed by atoms with Crippen molar-refractivity contribution in [2.24, 2.45) is 5.92 Å². The molecule has 1 heterocycles. The first-order valence-corrected chi connectivity index (χ1v) is 6.74. The van der Waals surface area contributed by atoms with E-state index in [0.717, 1.165) is 45.4 Å². The molecule has 100 valence electrons. The third-order valence-electron chi connectivity index (χ3n) is 3.29. The lowest BCUT2D eigenvalue weighted by Crippen LogP contribution is -2.40. The maximum atomic E-state index is 11.9. The summed E-state index contributed by atoms with van der Waals surface area (Å²) in [5.74, 6) is 0.733. The standard InChI is InChI=1S/C13H25NO3/c1-2-17-10-4-6-13(16)14-8-3-5-12(11-14)7-9-15/h12,15H,2-11H2,1H3. The molecule has 1 amide bonds. The van der Waals surface area contributed by atoms with E-state index >= 15 is 0 Å². The van der Waals surface area contributed by atoms with Crippen LogP contribution in [0.5, 0.6) is 0 Å². The average molecular weight is 243 g/mol. The molecule has 0 bridgehead atoms. The Labute approximate surface area is 104 Å². The highest BCUT2D eigenvalue weighted by atomic mass is 16.5. The van der Waals surface area contributed by atoms with Crippen molar-refractivity contribution in [1.82, 2.24) is 4.90 Å². The molecule has 1 unspecified atom stereocenters. The zero-order valence-corrected chi connectivity index (χ0v) is 10.9. The summed E-state index contributed by atoms with van der Waals surface area (Å²) in [7, 11) is 0. The lowest BCUT2D eigenvalue weighted by atomic mass is 9.95. The van der Waals surface area contributed by atoms with E-state index in [1.54, 1.807) is 0 Å². The Morgan fingerprint density at radius 1 is 1.53 bits per heavy atom. The summed E-state index contributed by atoms with van der Waals surface area (Å²) in [6.45, 7) is 5.30. The largest absolute Gasteiger partial charge is 0.396 e. The van der Waals surface area contributed by atoms with E-state index in [1.807, 2.05) is 11.8 Å². The average Bonchev–Trinajstić information content (AvgIpc) is 2.35. The molecule has 4 heteroatoms. The fourth-order valence-electron chi connectivity index (χ4n) is 2.34. The number of piperidine rings is 1. The molecule has 1 saturated heterocycles. The van der Waals surface area contributed by atoms with Crippen molar-refractivity contribution in [3.63, 3.8) is 0 Å². The van der Waals surface area contributed by atoms with Gasteiger partial charge in [0.25, 0.3) is 0 Å². The van der Waals surface area contributed by atoms with Crippen LogP contribution in [-0.4, -0.2) is 48.8 Å². The molecule has 0 spiro atoms. The van der Waals surface area contributed by atoms with Crippen LogP contribution in [-0.2, 0) is 9.53 Å². The molecule has 1 aliphatic heterocycles. The predicted molar refractivity (Wildman–Crippen MR) is 66.7 cm³/mol. The first-order valence-electron chi connectivity index (χ1n) is 6.74. The summed E-state index contributed by atoms with van der Waals surface area (Å²) in [5.41, 5.74) is 0. The Morgan fingerprint density at radius 3 is 3.06 bits per heavy atom. The third-order valence-corrected chi connectivity index (χ3v) is 3.29. The van der Waals surface area contributed by atoms with Gasteiger partial charge in [-0.1, -0.05) is 0 Å². The normalized spacial score (nSPS) is 20.6. The number of aliphatic hydroxyl groups excluding tert-OH is 1.